The molecule has 9 nitrogen and oxygen atoms in total. The number of aromatic nitrogens is 1. The van der Waals surface area contributed by atoms with E-state index in [1.54, 1.807) is 24.9 Å². The van der Waals surface area contributed by atoms with Gasteiger partial charge in [-0.2, -0.15) is 0 Å². The number of benzene rings is 1. The van der Waals surface area contributed by atoms with Crippen molar-refractivity contribution in [1.82, 2.24) is 14.8 Å². The zero-order valence-corrected chi connectivity index (χ0v) is 20.7. The van der Waals surface area contributed by atoms with Gasteiger partial charge >= 0.3 is 6.03 Å². The lowest BCUT2D eigenvalue weighted by Gasteiger charge is -2.37. The molecule has 0 saturated heterocycles. The van der Waals surface area contributed by atoms with Gasteiger partial charge in [0.15, 0.2) is 0 Å². The van der Waals surface area contributed by atoms with Crippen LogP contribution in [0.15, 0.2) is 36.5 Å². The van der Waals surface area contributed by atoms with Gasteiger partial charge in [-0.25, -0.2) is 14.2 Å². The Hall–Kier alpha value is -3.68. The van der Waals surface area contributed by atoms with Crippen molar-refractivity contribution in [2.45, 2.75) is 39.0 Å². The molecule has 1 aliphatic rings. The number of hydrogen-bond donors (Lipinski definition) is 3. The molecule has 0 saturated carbocycles. The second-order valence-corrected chi connectivity index (χ2v) is 8.96. The number of fused-ring (bicyclic) bond motifs is 1. The number of carbonyl (C=O) groups excluding carboxylic acids is 2. The minimum atomic E-state index is -0.841. The number of nitrogens with zero attached hydrogens (tertiary/aromatic N) is 3. The molecule has 1 aromatic heterocycles. The molecule has 1 aliphatic heterocycles. The zero-order chi connectivity index (χ0) is 26.4. The van der Waals surface area contributed by atoms with E-state index in [9.17, 15) is 24.2 Å². The van der Waals surface area contributed by atoms with Crippen molar-refractivity contribution in [3.05, 3.63) is 53.5 Å². The number of rotatable bonds is 5. The number of aliphatic hydroxyl groups is 2. The van der Waals surface area contributed by atoms with Crippen LogP contribution in [0.1, 0.15) is 36.7 Å². The molecular formula is C26H31FN4O5. The van der Waals surface area contributed by atoms with Crippen LogP contribution in [0.2, 0.25) is 0 Å². The molecule has 3 N–H and O–H groups in total. The second kappa shape index (κ2) is 11.8. The number of pyridine rings is 1. The summed E-state index contributed by atoms with van der Waals surface area (Å²) in [5, 5.41) is 21.9. The van der Waals surface area contributed by atoms with Gasteiger partial charge in [0.05, 0.1) is 19.2 Å². The van der Waals surface area contributed by atoms with Gasteiger partial charge in [0.25, 0.3) is 5.91 Å². The summed E-state index contributed by atoms with van der Waals surface area (Å²) < 4.78 is 19.3. The van der Waals surface area contributed by atoms with Crippen molar-refractivity contribution < 1.29 is 28.9 Å². The van der Waals surface area contributed by atoms with Crippen LogP contribution in [-0.4, -0.2) is 81.9 Å². The number of halogens is 1. The van der Waals surface area contributed by atoms with E-state index < -0.39 is 30.1 Å². The number of ether oxygens (including phenoxy) is 1. The molecule has 3 rings (SSSR count). The third-order valence-electron chi connectivity index (χ3n) is 5.84. The Balaban J connectivity index is 1.87. The van der Waals surface area contributed by atoms with Crippen molar-refractivity contribution in [1.29, 1.82) is 0 Å². The summed E-state index contributed by atoms with van der Waals surface area (Å²) in [5.74, 6) is 4.53. The Morgan fingerprint density at radius 2 is 2.06 bits per heavy atom. The first-order chi connectivity index (χ1) is 17.1. The number of hydrogen-bond acceptors (Lipinski definition) is 6. The molecule has 0 aliphatic carbocycles. The van der Waals surface area contributed by atoms with Gasteiger partial charge in [-0.1, -0.05) is 18.8 Å². The fraction of sp³-hybridized carbons (Fsp3) is 0.423. The highest BCUT2D eigenvalue weighted by atomic mass is 19.1. The molecule has 0 spiro atoms. The van der Waals surface area contributed by atoms with Gasteiger partial charge in [0.1, 0.15) is 23.6 Å². The first kappa shape index (κ1) is 26.9. The Bertz CT molecular complexity index is 1150. The SMILES string of the molecule is C[C@H](O)C#Cc1cnc2c(c1)C(=O)N([C@H](C)CO)C[C@@H](C)[C@H](CN(C)C(=O)Nc1ccc(F)cc1)O2. The summed E-state index contributed by atoms with van der Waals surface area (Å²) >= 11 is 0. The summed E-state index contributed by atoms with van der Waals surface area (Å²) in [6.45, 7) is 5.40. The quantitative estimate of drug-likeness (QED) is 0.545. The van der Waals surface area contributed by atoms with Crippen molar-refractivity contribution in [2.24, 2.45) is 5.92 Å². The third-order valence-corrected chi connectivity index (χ3v) is 5.84. The minimum absolute atomic E-state index is 0.0987. The van der Waals surface area contributed by atoms with Gasteiger partial charge in [-0.3, -0.25) is 4.79 Å². The van der Waals surface area contributed by atoms with Crippen LogP contribution >= 0.6 is 0 Å². The van der Waals surface area contributed by atoms with E-state index in [1.165, 1.54) is 42.3 Å². The monoisotopic (exact) mass is 498 g/mol. The Morgan fingerprint density at radius 1 is 1.36 bits per heavy atom. The van der Waals surface area contributed by atoms with Gasteiger partial charge in [0.2, 0.25) is 5.88 Å². The third kappa shape index (κ3) is 6.71. The molecule has 36 heavy (non-hydrogen) atoms. The number of carbonyl (C=O) groups is 2. The maximum Gasteiger partial charge on any atom is 0.321 e. The van der Waals surface area contributed by atoms with Crippen LogP contribution in [0.25, 0.3) is 0 Å². The average molecular weight is 499 g/mol. The van der Waals surface area contributed by atoms with Gasteiger partial charge in [-0.05, 0) is 44.2 Å². The van der Waals surface area contributed by atoms with E-state index in [0.717, 1.165) is 0 Å². The smallest absolute Gasteiger partial charge is 0.321 e. The van der Waals surface area contributed by atoms with Crippen LogP contribution in [0.5, 0.6) is 5.88 Å². The number of nitrogens with one attached hydrogen (secondary N) is 1. The molecule has 1 aromatic carbocycles. The first-order valence-corrected chi connectivity index (χ1v) is 11.6. The molecular weight excluding hydrogens is 467 g/mol. The molecule has 0 unspecified atom stereocenters. The maximum absolute atomic E-state index is 13.4. The molecule has 0 fully saturated rings. The largest absolute Gasteiger partial charge is 0.472 e. The average Bonchev–Trinajstić information content (AvgIpc) is 2.85. The molecule has 3 amide bonds. The van der Waals surface area contributed by atoms with Crippen molar-refractivity contribution in [2.75, 3.05) is 32.1 Å². The lowest BCUT2D eigenvalue weighted by molar-refractivity contribution is 0.0356. The molecule has 0 bridgehead atoms. The number of anilines is 1. The Morgan fingerprint density at radius 3 is 2.69 bits per heavy atom. The van der Waals surface area contributed by atoms with Crippen LogP contribution in [0, 0.1) is 23.6 Å². The van der Waals surface area contributed by atoms with Crippen LogP contribution in [0.3, 0.4) is 0 Å². The maximum atomic E-state index is 13.4. The van der Waals surface area contributed by atoms with Crippen molar-refractivity contribution in [3.63, 3.8) is 0 Å². The van der Waals surface area contributed by atoms with E-state index in [0.29, 0.717) is 11.3 Å². The standard InChI is InChI=1S/C26H31FN4O5/c1-16-13-31(17(2)15-32)25(34)22-11-19(6-5-18(3)33)12-28-24(22)36-23(16)14-30(4)26(35)29-21-9-7-20(27)8-10-21/h7-12,16-18,23,32-33H,13-15H2,1-4H3,(H,29,35)/t16-,17-,18+,23+/m1/s1. The summed E-state index contributed by atoms with van der Waals surface area (Å²) in [7, 11) is 1.61. The van der Waals surface area contributed by atoms with Gasteiger partial charge in [0, 0.05) is 37.0 Å². The van der Waals surface area contributed by atoms with E-state index in [-0.39, 0.29) is 43.0 Å². The van der Waals surface area contributed by atoms with Crippen LogP contribution in [0.4, 0.5) is 14.9 Å². The molecule has 0 radical (unpaired) electrons. The van der Waals surface area contributed by atoms with E-state index in [1.807, 2.05) is 6.92 Å². The van der Waals surface area contributed by atoms with Gasteiger partial charge in [-0.15, -0.1) is 0 Å². The Kier molecular flexibility index (Phi) is 8.85. The summed E-state index contributed by atoms with van der Waals surface area (Å²) in [6, 6.07) is 6.13. The molecule has 4 atom stereocenters. The minimum Gasteiger partial charge on any atom is -0.472 e. The highest BCUT2D eigenvalue weighted by Gasteiger charge is 2.34. The predicted molar refractivity (Wildman–Crippen MR) is 132 cm³/mol. The zero-order valence-electron chi connectivity index (χ0n) is 20.7. The number of urea groups is 1. The van der Waals surface area contributed by atoms with Crippen LogP contribution < -0.4 is 10.1 Å². The second-order valence-electron chi connectivity index (χ2n) is 8.96. The van der Waals surface area contributed by atoms with Crippen LogP contribution in [-0.2, 0) is 0 Å². The number of amides is 3. The normalized spacial score (nSPS) is 19.0. The lowest BCUT2D eigenvalue weighted by atomic mass is 10.00. The van der Waals surface area contributed by atoms with E-state index in [2.05, 4.69) is 22.1 Å². The summed E-state index contributed by atoms with van der Waals surface area (Å²) in [6.07, 6.45) is 0.0816. The van der Waals surface area contributed by atoms with E-state index in [4.69, 9.17) is 4.74 Å². The highest BCUT2D eigenvalue weighted by Crippen LogP contribution is 2.27. The molecule has 10 heteroatoms. The molecule has 192 valence electrons. The topological polar surface area (TPSA) is 115 Å². The van der Waals surface area contributed by atoms with Crippen molar-refractivity contribution in [3.8, 4) is 17.7 Å². The fourth-order valence-electron chi connectivity index (χ4n) is 3.68. The van der Waals surface area contributed by atoms with Gasteiger partial charge < -0.3 is 30.1 Å². The fourth-order valence-corrected chi connectivity index (χ4v) is 3.68. The van der Waals surface area contributed by atoms with E-state index >= 15 is 0 Å². The number of aliphatic hydroxyl groups excluding tert-OH is 2. The first-order valence-electron chi connectivity index (χ1n) is 11.6. The summed E-state index contributed by atoms with van der Waals surface area (Å²) in [5.41, 5.74) is 1.07. The summed E-state index contributed by atoms with van der Waals surface area (Å²) in [4.78, 5) is 33.4. The number of likely N-dealkylation sites (N-methyl/N-ethyl adjacent to an activating group) is 1. The molecule has 2 heterocycles. The predicted octanol–water partition coefficient (Wildman–Crippen LogP) is 2.34. The molecule has 2 aromatic rings. The lowest BCUT2D eigenvalue weighted by Crippen LogP contribution is -2.50. The highest BCUT2D eigenvalue weighted by molar-refractivity contribution is 5.97. The Labute approximate surface area is 209 Å². The van der Waals surface area contributed by atoms with Crippen molar-refractivity contribution >= 4 is 17.6 Å².